The van der Waals surface area contributed by atoms with Gasteiger partial charge in [0.15, 0.2) is 0 Å². The predicted molar refractivity (Wildman–Crippen MR) is 72.1 cm³/mol. The van der Waals surface area contributed by atoms with Gasteiger partial charge in [-0.05, 0) is 24.4 Å². The molecule has 0 bridgehead atoms. The van der Waals surface area contributed by atoms with Crippen LogP contribution in [0.2, 0.25) is 25.7 Å². The fourth-order valence-corrected chi connectivity index (χ4v) is 2.32. The Balaban J connectivity index is 2.22. The molecule has 15 heavy (non-hydrogen) atoms. The first kappa shape index (κ1) is 12.2. The van der Waals surface area contributed by atoms with Gasteiger partial charge in [0.05, 0.1) is 0 Å². The molecule has 0 fully saturated rings. The molecule has 0 spiro atoms. The third-order valence-corrected chi connectivity index (χ3v) is 3.80. The highest BCUT2D eigenvalue weighted by Gasteiger charge is 2.08. The topological polar surface area (TPSA) is 0 Å². The Morgan fingerprint density at radius 1 is 1.00 bits per heavy atom. The first-order valence-electron chi connectivity index (χ1n) is 5.77. The maximum absolute atomic E-state index is 2.41. The molecule has 0 aliphatic carbocycles. The second kappa shape index (κ2) is 5.91. The maximum Gasteiger partial charge on any atom is 0.0480 e. The molecule has 1 aromatic carbocycles. The fraction of sp³-hybridized carbons (Fsp3) is 0.429. The number of rotatable bonds is 5. The standard InChI is InChI=1S/C14H22Si/c1-15(2,3)13-9-5-8-12-14-10-6-4-7-11-14/h4-7,9-11H,8,12-13H2,1-3H3/b9-5-. The van der Waals surface area contributed by atoms with Crippen molar-refractivity contribution in [3.63, 3.8) is 0 Å². The van der Waals surface area contributed by atoms with Crippen LogP contribution in [0.25, 0.3) is 0 Å². The summed E-state index contributed by atoms with van der Waals surface area (Å²) < 4.78 is 0. The quantitative estimate of drug-likeness (QED) is 0.504. The zero-order valence-corrected chi connectivity index (χ0v) is 11.2. The molecule has 0 saturated carbocycles. The molecule has 0 atom stereocenters. The number of aryl methyl sites for hydroxylation is 1. The molecule has 0 amide bonds. The van der Waals surface area contributed by atoms with E-state index in [-0.39, 0.29) is 0 Å². The van der Waals surface area contributed by atoms with Crippen molar-refractivity contribution in [2.75, 3.05) is 0 Å². The van der Waals surface area contributed by atoms with Crippen molar-refractivity contribution in [1.82, 2.24) is 0 Å². The molecule has 0 heterocycles. The van der Waals surface area contributed by atoms with E-state index >= 15 is 0 Å². The molecular formula is C14H22Si. The van der Waals surface area contributed by atoms with Crippen molar-refractivity contribution in [1.29, 1.82) is 0 Å². The van der Waals surface area contributed by atoms with E-state index in [1.165, 1.54) is 24.4 Å². The Morgan fingerprint density at radius 3 is 2.27 bits per heavy atom. The summed E-state index contributed by atoms with van der Waals surface area (Å²) in [6.07, 6.45) is 7.05. The Hall–Kier alpha value is -0.823. The van der Waals surface area contributed by atoms with Crippen LogP contribution in [0.1, 0.15) is 12.0 Å². The van der Waals surface area contributed by atoms with Gasteiger partial charge in [0.25, 0.3) is 0 Å². The Labute approximate surface area is 95.0 Å². The van der Waals surface area contributed by atoms with Crippen molar-refractivity contribution >= 4 is 8.07 Å². The lowest BCUT2D eigenvalue weighted by Crippen LogP contribution is -2.17. The van der Waals surface area contributed by atoms with Gasteiger partial charge in [0, 0.05) is 8.07 Å². The molecule has 0 unspecified atom stereocenters. The van der Waals surface area contributed by atoms with Crippen LogP contribution in [0.3, 0.4) is 0 Å². The van der Waals surface area contributed by atoms with Crippen LogP contribution in [-0.4, -0.2) is 8.07 Å². The summed E-state index contributed by atoms with van der Waals surface area (Å²) >= 11 is 0. The molecule has 82 valence electrons. The van der Waals surface area contributed by atoms with E-state index < -0.39 is 8.07 Å². The first-order chi connectivity index (χ1) is 7.08. The normalized spacial score (nSPS) is 12.2. The molecule has 1 rings (SSSR count). The highest BCUT2D eigenvalue weighted by Crippen LogP contribution is 2.09. The summed E-state index contributed by atoms with van der Waals surface area (Å²) in [5.74, 6) is 0. The highest BCUT2D eigenvalue weighted by molar-refractivity contribution is 6.76. The SMILES string of the molecule is C[Si](C)(C)C/C=C\CCc1ccccc1. The van der Waals surface area contributed by atoms with Gasteiger partial charge in [-0.3, -0.25) is 0 Å². The van der Waals surface area contributed by atoms with Crippen LogP contribution in [0.5, 0.6) is 0 Å². The summed E-state index contributed by atoms with van der Waals surface area (Å²) in [5, 5.41) is 0. The predicted octanol–water partition coefficient (Wildman–Crippen LogP) is 4.51. The van der Waals surface area contributed by atoms with Gasteiger partial charge in [0.2, 0.25) is 0 Å². The van der Waals surface area contributed by atoms with Crippen LogP contribution in [0.4, 0.5) is 0 Å². The van der Waals surface area contributed by atoms with Crippen LogP contribution in [-0.2, 0) is 6.42 Å². The zero-order chi connectivity index (χ0) is 11.1. The largest absolute Gasteiger partial charge is 0.0912 e. The summed E-state index contributed by atoms with van der Waals surface area (Å²) in [4.78, 5) is 0. The van der Waals surface area contributed by atoms with Crippen LogP contribution >= 0.6 is 0 Å². The summed E-state index contributed by atoms with van der Waals surface area (Å²) in [5.41, 5.74) is 1.44. The van der Waals surface area contributed by atoms with E-state index in [0.29, 0.717) is 0 Å². The second-order valence-corrected chi connectivity index (χ2v) is 10.8. The van der Waals surface area contributed by atoms with Gasteiger partial charge in [-0.15, -0.1) is 0 Å². The summed E-state index contributed by atoms with van der Waals surface area (Å²) in [6, 6.07) is 12.0. The molecule has 0 aromatic heterocycles. The van der Waals surface area contributed by atoms with Crippen molar-refractivity contribution < 1.29 is 0 Å². The molecule has 0 nitrogen and oxygen atoms in total. The molecule has 1 heteroatoms. The molecule has 1 aromatic rings. The lowest BCUT2D eigenvalue weighted by molar-refractivity contribution is 0.999. The lowest BCUT2D eigenvalue weighted by atomic mass is 10.1. The zero-order valence-electron chi connectivity index (χ0n) is 10.2. The first-order valence-corrected chi connectivity index (χ1v) is 9.47. The van der Waals surface area contributed by atoms with Gasteiger partial charge in [-0.2, -0.15) is 0 Å². The molecule has 0 aliphatic heterocycles. The molecule has 0 N–H and O–H groups in total. The van der Waals surface area contributed by atoms with E-state index in [1.807, 2.05) is 0 Å². The van der Waals surface area contributed by atoms with Crippen molar-refractivity contribution in [3.8, 4) is 0 Å². The average molecular weight is 218 g/mol. The van der Waals surface area contributed by atoms with E-state index in [1.54, 1.807) is 0 Å². The maximum atomic E-state index is 2.41. The Kier molecular flexibility index (Phi) is 4.83. The van der Waals surface area contributed by atoms with Crippen molar-refractivity contribution in [2.45, 2.75) is 38.5 Å². The van der Waals surface area contributed by atoms with E-state index in [9.17, 15) is 0 Å². The summed E-state index contributed by atoms with van der Waals surface area (Å²) in [7, 11) is -0.873. The van der Waals surface area contributed by atoms with E-state index in [2.05, 4.69) is 62.1 Å². The lowest BCUT2D eigenvalue weighted by Gasteiger charge is -2.11. The van der Waals surface area contributed by atoms with E-state index in [4.69, 9.17) is 0 Å². The monoisotopic (exact) mass is 218 g/mol. The Morgan fingerprint density at radius 2 is 1.67 bits per heavy atom. The molecule has 0 saturated heterocycles. The van der Waals surface area contributed by atoms with Gasteiger partial charge < -0.3 is 0 Å². The van der Waals surface area contributed by atoms with Gasteiger partial charge in [-0.1, -0.05) is 62.1 Å². The average Bonchev–Trinajstić information content (AvgIpc) is 2.17. The minimum atomic E-state index is -0.873. The molecule has 0 aliphatic rings. The van der Waals surface area contributed by atoms with Crippen molar-refractivity contribution in [2.24, 2.45) is 0 Å². The van der Waals surface area contributed by atoms with Gasteiger partial charge >= 0.3 is 0 Å². The van der Waals surface area contributed by atoms with Crippen LogP contribution in [0.15, 0.2) is 42.5 Å². The van der Waals surface area contributed by atoms with Crippen LogP contribution < -0.4 is 0 Å². The van der Waals surface area contributed by atoms with E-state index in [0.717, 1.165) is 0 Å². The highest BCUT2D eigenvalue weighted by atomic mass is 28.3. The van der Waals surface area contributed by atoms with Crippen molar-refractivity contribution in [3.05, 3.63) is 48.0 Å². The summed E-state index contributed by atoms with van der Waals surface area (Å²) in [6.45, 7) is 7.23. The van der Waals surface area contributed by atoms with Crippen LogP contribution in [0, 0.1) is 0 Å². The fourth-order valence-electron chi connectivity index (χ4n) is 1.45. The minimum Gasteiger partial charge on any atom is -0.0912 e. The Bertz CT molecular complexity index is 293. The number of allylic oxidation sites excluding steroid dienone is 2. The molecular weight excluding hydrogens is 196 g/mol. The number of benzene rings is 1. The molecule has 0 radical (unpaired) electrons. The third kappa shape index (κ3) is 6.29. The second-order valence-electron chi connectivity index (χ2n) is 5.26. The smallest absolute Gasteiger partial charge is 0.0480 e. The van der Waals surface area contributed by atoms with Gasteiger partial charge in [0.1, 0.15) is 0 Å². The minimum absolute atomic E-state index is 0.873. The number of hydrogen-bond donors (Lipinski definition) is 0. The van der Waals surface area contributed by atoms with Gasteiger partial charge in [-0.25, -0.2) is 0 Å². The third-order valence-electron chi connectivity index (χ3n) is 2.34. The number of hydrogen-bond acceptors (Lipinski definition) is 0.